The fourth-order valence-electron chi connectivity index (χ4n) is 1.99. The molecule has 1 unspecified atom stereocenters. The second kappa shape index (κ2) is 6.58. The lowest BCUT2D eigenvalue weighted by molar-refractivity contribution is -0.140. The van der Waals surface area contributed by atoms with Crippen molar-refractivity contribution in [2.45, 2.75) is 39.3 Å². The first kappa shape index (κ1) is 14.8. The van der Waals surface area contributed by atoms with Crippen LogP contribution in [0.5, 0.6) is 0 Å². The largest absolute Gasteiger partial charge is 0.480 e. The average molecular weight is 258 g/mol. The number of hydrogen-bond donors (Lipinski definition) is 2. The summed E-state index contributed by atoms with van der Waals surface area (Å²) in [5.41, 5.74) is 0. The van der Waals surface area contributed by atoms with Crippen molar-refractivity contribution >= 4 is 12.0 Å². The minimum absolute atomic E-state index is 0.0281. The number of carbonyl (C=O) groups excluding carboxylic acids is 1. The maximum atomic E-state index is 12.1. The molecule has 0 aliphatic carbocycles. The lowest BCUT2D eigenvalue weighted by atomic mass is 10.1. The number of urea groups is 1. The van der Waals surface area contributed by atoms with Crippen LogP contribution in [0.4, 0.5) is 4.79 Å². The Morgan fingerprint density at radius 2 is 2.17 bits per heavy atom. The quantitative estimate of drug-likeness (QED) is 0.785. The van der Waals surface area contributed by atoms with Crippen LogP contribution in [-0.4, -0.2) is 53.8 Å². The van der Waals surface area contributed by atoms with Gasteiger partial charge in [-0.3, -0.25) is 0 Å². The lowest BCUT2D eigenvalue weighted by Gasteiger charge is -2.36. The van der Waals surface area contributed by atoms with Crippen molar-refractivity contribution < 1.29 is 19.4 Å². The highest BCUT2D eigenvalue weighted by Gasteiger charge is 2.30. The summed E-state index contributed by atoms with van der Waals surface area (Å²) < 4.78 is 5.32. The minimum Gasteiger partial charge on any atom is -0.480 e. The Labute approximate surface area is 107 Å². The van der Waals surface area contributed by atoms with Crippen molar-refractivity contribution in [3.05, 3.63) is 0 Å². The van der Waals surface area contributed by atoms with Crippen molar-refractivity contribution in [3.63, 3.8) is 0 Å². The Balaban J connectivity index is 2.64. The van der Waals surface area contributed by atoms with Gasteiger partial charge in [0.05, 0.1) is 19.3 Å². The number of hydrogen-bond acceptors (Lipinski definition) is 3. The summed E-state index contributed by atoms with van der Waals surface area (Å²) in [4.78, 5) is 24.8. The van der Waals surface area contributed by atoms with E-state index >= 15 is 0 Å². The van der Waals surface area contributed by atoms with Gasteiger partial charge in [0, 0.05) is 6.54 Å². The minimum atomic E-state index is -1.00. The van der Waals surface area contributed by atoms with Crippen LogP contribution in [0.1, 0.15) is 27.2 Å². The summed E-state index contributed by atoms with van der Waals surface area (Å²) >= 11 is 0. The molecule has 2 N–H and O–H groups in total. The predicted octanol–water partition coefficient (Wildman–Crippen LogP) is 0.916. The van der Waals surface area contributed by atoms with Crippen molar-refractivity contribution in [2.24, 2.45) is 5.92 Å². The molecule has 0 aromatic rings. The van der Waals surface area contributed by atoms with E-state index in [-0.39, 0.29) is 18.0 Å². The molecule has 0 spiro atoms. The van der Waals surface area contributed by atoms with E-state index in [1.807, 2.05) is 6.92 Å². The van der Waals surface area contributed by atoms with Gasteiger partial charge in [-0.05, 0) is 12.3 Å². The van der Waals surface area contributed by atoms with E-state index in [4.69, 9.17) is 9.84 Å². The number of rotatable bonds is 4. The molecule has 6 nitrogen and oxygen atoms in total. The number of carboxylic acids is 1. The van der Waals surface area contributed by atoms with Gasteiger partial charge in [0.25, 0.3) is 0 Å². The van der Waals surface area contributed by atoms with Crippen LogP contribution < -0.4 is 5.32 Å². The number of carboxylic acid groups (broad SMARTS) is 1. The molecule has 0 bridgehead atoms. The van der Waals surface area contributed by atoms with Gasteiger partial charge in [0.1, 0.15) is 6.04 Å². The Hall–Kier alpha value is -1.30. The molecule has 18 heavy (non-hydrogen) atoms. The first-order valence-corrected chi connectivity index (χ1v) is 6.35. The Kier molecular flexibility index (Phi) is 5.40. The molecule has 2 atom stereocenters. The van der Waals surface area contributed by atoms with Crippen molar-refractivity contribution in [1.82, 2.24) is 10.2 Å². The number of carbonyl (C=O) groups is 2. The summed E-state index contributed by atoms with van der Waals surface area (Å²) in [6, 6.07) is -1.13. The van der Waals surface area contributed by atoms with Gasteiger partial charge in [-0.15, -0.1) is 0 Å². The fraction of sp³-hybridized carbons (Fsp3) is 0.833. The molecule has 1 rings (SSSR count). The molecule has 1 fully saturated rings. The van der Waals surface area contributed by atoms with Crippen LogP contribution in [0.2, 0.25) is 0 Å². The van der Waals surface area contributed by atoms with E-state index < -0.39 is 12.0 Å². The predicted molar refractivity (Wildman–Crippen MR) is 66.4 cm³/mol. The SMILES string of the molecule is CCC1COCCN1C(=O)N[C@H](C(=O)O)C(C)C. The molecule has 1 saturated heterocycles. The Bertz CT molecular complexity index is 306. The maximum Gasteiger partial charge on any atom is 0.326 e. The van der Waals surface area contributed by atoms with Crippen molar-refractivity contribution in [1.29, 1.82) is 0 Å². The molecule has 2 amide bonds. The maximum absolute atomic E-state index is 12.1. The van der Waals surface area contributed by atoms with Gasteiger partial charge >= 0.3 is 12.0 Å². The molecular formula is C12H22N2O4. The third-order valence-electron chi connectivity index (χ3n) is 3.17. The summed E-state index contributed by atoms with van der Waals surface area (Å²) in [5, 5.41) is 11.6. The number of aliphatic carboxylic acids is 1. The highest BCUT2D eigenvalue weighted by molar-refractivity contribution is 5.83. The molecule has 0 aromatic heterocycles. The van der Waals surface area contributed by atoms with Gasteiger partial charge in [0.15, 0.2) is 0 Å². The number of nitrogens with zero attached hydrogens (tertiary/aromatic N) is 1. The highest BCUT2D eigenvalue weighted by Crippen LogP contribution is 2.11. The van der Waals surface area contributed by atoms with Crippen molar-refractivity contribution in [2.75, 3.05) is 19.8 Å². The standard InChI is InChI=1S/C12H22N2O4/c1-4-9-7-18-6-5-14(9)12(17)13-10(8(2)3)11(15)16/h8-10H,4-7H2,1-3H3,(H,13,17)(H,15,16)/t9?,10-/m0/s1. The van der Waals surface area contributed by atoms with Crippen LogP contribution in [0.25, 0.3) is 0 Å². The average Bonchev–Trinajstić information content (AvgIpc) is 2.34. The summed E-state index contributed by atoms with van der Waals surface area (Å²) in [6.07, 6.45) is 0.798. The van der Waals surface area contributed by atoms with E-state index in [0.29, 0.717) is 19.8 Å². The zero-order chi connectivity index (χ0) is 13.7. The van der Waals surface area contributed by atoms with E-state index in [0.717, 1.165) is 6.42 Å². The van der Waals surface area contributed by atoms with Crippen molar-refractivity contribution in [3.8, 4) is 0 Å². The van der Waals surface area contributed by atoms with Gasteiger partial charge in [-0.25, -0.2) is 9.59 Å². The summed E-state index contributed by atoms with van der Waals surface area (Å²) in [5.74, 6) is -1.15. The Morgan fingerprint density at radius 1 is 1.50 bits per heavy atom. The van der Waals surface area contributed by atoms with Crippen LogP contribution in [0.3, 0.4) is 0 Å². The van der Waals surface area contributed by atoms with Crippen LogP contribution in [0.15, 0.2) is 0 Å². The third kappa shape index (κ3) is 3.60. The molecule has 6 heteroatoms. The highest BCUT2D eigenvalue weighted by atomic mass is 16.5. The molecule has 1 heterocycles. The zero-order valence-corrected chi connectivity index (χ0v) is 11.2. The smallest absolute Gasteiger partial charge is 0.326 e. The second-order valence-corrected chi connectivity index (χ2v) is 4.84. The van der Waals surface area contributed by atoms with E-state index in [2.05, 4.69) is 5.32 Å². The molecule has 1 aliphatic heterocycles. The van der Waals surface area contributed by atoms with Gasteiger partial charge < -0.3 is 20.1 Å². The second-order valence-electron chi connectivity index (χ2n) is 4.84. The number of nitrogens with one attached hydrogen (secondary N) is 1. The van der Waals surface area contributed by atoms with E-state index in [1.54, 1.807) is 18.7 Å². The van der Waals surface area contributed by atoms with Crippen LogP contribution in [-0.2, 0) is 9.53 Å². The molecular weight excluding hydrogens is 236 g/mol. The lowest BCUT2D eigenvalue weighted by Crippen LogP contribution is -2.56. The molecule has 1 aliphatic rings. The third-order valence-corrected chi connectivity index (χ3v) is 3.17. The topological polar surface area (TPSA) is 78.9 Å². The first-order valence-electron chi connectivity index (χ1n) is 6.35. The first-order chi connectivity index (χ1) is 8.47. The summed E-state index contributed by atoms with van der Waals surface area (Å²) in [7, 11) is 0. The monoisotopic (exact) mass is 258 g/mol. The number of morpholine rings is 1. The van der Waals surface area contributed by atoms with Crippen LogP contribution in [0, 0.1) is 5.92 Å². The van der Waals surface area contributed by atoms with Gasteiger partial charge in [-0.2, -0.15) is 0 Å². The molecule has 0 radical (unpaired) electrons. The molecule has 104 valence electrons. The number of ether oxygens (including phenoxy) is 1. The van der Waals surface area contributed by atoms with E-state index in [1.165, 1.54) is 0 Å². The number of amides is 2. The van der Waals surface area contributed by atoms with Crippen LogP contribution >= 0.6 is 0 Å². The molecule has 0 saturated carbocycles. The summed E-state index contributed by atoms with van der Waals surface area (Å²) in [6.45, 7) is 7.06. The normalized spacial score (nSPS) is 21.8. The van der Waals surface area contributed by atoms with E-state index in [9.17, 15) is 9.59 Å². The van der Waals surface area contributed by atoms with Gasteiger partial charge in [-0.1, -0.05) is 20.8 Å². The molecule has 0 aromatic carbocycles. The Morgan fingerprint density at radius 3 is 2.67 bits per heavy atom. The van der Waals surface area contributed by atoms with Gasteiger partial charge in [0.2, 0.25) is 0 Å². The zero-order valence-electron chi connectivity index (χ0n) is 11.2. The fourth-order valence-corrected chi connectivity index (χ4v) is 1.99.